The molecule has 4 rings (SSSR count). The normalized spacial score (nSPS) is 32.1. The predicted molar refractivity (Wildman–Crippen MR) is 119 cm³/mol. The lowest BCUT2D eigenvalue weighted by Crippen LogP contribution is -2.54. The second-order valence-corrected chi connectivity index (χ2v) is 10.3. The lowest BCUT2D eigenvalue weighted by molar-refractivity contribution is -0.154. The number of thioether (sulfide) groups is 1. The third-order valence-corrected chi connectivity index (χ3v) is 9.03. The number of benzene rings is 1. The number of halogens is 1. The van der Waals surface area contributed by atoms with E-state index in [0.29, 0.717) is 23.6 Å². The quantitative estimate of drug-likeness (QED) is 0.600. The van der Waals surface area contributed by atoms with Gasteiger partial charge in [0.15, 0.2) is 0 Å². The molecular weight excluding hydrogens is 440 g/mol. The molecule has 0 aromatic heterocycles. The molecule has 0 aliphatic carbocycles. The molecule has 3 fully saturated rings. The van der Waals surface area contributed by atoms with E-state index in [1.807, 2.05) is 6.92 Å². The lowest BCUT2D eigenvalue weighted by Gasteiger charge is -2.36. The molecule has 1 aromatic rings. The SMILES string of the molecule is CCOC(=O)[C@@H]1[C@@H]2CCC3(S2)C(C(=O)Nc2ccccc2Cl)N([C@@H](CC)CO)C(=O)[C@H]13. The first-order valence-electron chi connectivity index (χ1n) is 10.7. The van der Waals surface area contributed by atoms with Crippen molar-refractivity contribution in [3.05, 3.63) is 29.3 Å². The molecule has 3 saturated heterocycles. The molecule has 1 spiro atoms. The first-order valence-corrected chi connectivity index (χ1v) is 12.0. The smallest absolute Gasteiger partial charge is 0.310 e. The third-order valence-electron chi connectivity index (χ3n) is 6.75. The topological polar surface area (TPSA) is 95.9 Å². The molecular formula is C22H27ClN2O5S. The van der Waals surface area contributed by atoms with Gasteiger partial charge in [0.1, 0.15) is 6.04 Å². The molecule has 0 saturated carbocycles. The van der Waals surface area contributed by atoms with Gasteiger partial charge in [0.05, 0.1) is 46.5 Å². The zero-order valence-corrected chi connectivity index (χ0v) is 19.1. The zero-order valence-electron chi connectivity index (χ0n) is 17.5. The Morgan fingerprint density at radius 2 is 2.13 bits per heavy atom. The fourth-order valence-corrected chi connectivity index (χ4v) is 7.84. The van der Waals surface area contributed by atoms with Crippen molar-refractivity contribution in [1.29, 1.82) is 0 Å². The second-order valence-electron chi connectivity index (χ2n) is 8.27. The Kier molecular flexibility index (Phi) is 6.25. The first kappa shape index (κ1) is 22.4. The summed E-state index contributed by atoms with van der Waals surface area (Å²) in [6.45, 7) is 3.61. The van der Waals surface area contributed by atoms with Crippen molar-refractivity contribution in [1.82, 2.24) is 4.90 Å². The highest BCUT2D eigenvalue weighted by Gasteiger charge is 2.74. The number of anilines is 1. The summed E-state index contributed by atoms with van der Waals surface area (Å²) in [5, 5.41) is 13.2. The lowest BCUT2D eigenvalue weighted by atomic mass is 9.71. The average molecular weight is 467 g/mol. The number of para-hydroxylation sites is 1. The number of carbonyl (C=O) groups excluding carboxylic acids is 3. The van der Waals surface area contributed by atoms with E-state index >= 15 is 0 Å². The van der Waals surface area contributed by atoms with Gasteiger partial charge in [-0.1, -0.05) is 30.7 Å². The van der Waals surface area contributed by atoms with E-state index in [0.717, 1.165) is 6.42 Å². The Morgan fingerprint density at radius 3 is 2.77 bits per heavy atom. The maximum absolute atomic E-state index is 13.7. The number of carbonyl (C=O) groups is 3. The molecule has 2 amide bonds. The van der Waals surface area contributed by atoms with E-state index < -0.39 is 28.7 Å². The Bertz CT molecular complexity index is 894. The monoisotopic (exact) mass is 466 g/mol. The highest BCUT2D eigenvalue weighted by Crippen LogP contribution is 2.66. The average Bonchev–Trinajstić information content (AvgIpc) is 3.39. The van der Waals surface area contributed by atoms with Gasteiger partial charge in [0.25, 0.3) is 0 Å². The maximum Gasteiger partial charge on any atom is 0.310 e. The first-order chi connectivity index (χ1) is 14.9. The number of rotatable bonds is 7. The summed E-state index contributed by atoms with van der Waals surface area (Å²) in [5.41, 5.74) is 0.470. The number of aliphatic hydroxyl groups is 1. The summed E-state index contributed by atoms with van der Waals surface area (Å²) in [5.74, 6) is -2.15. The van der Waals surface area contributed by atoms with Gasteiger partial charge in [-0.15, -0.1) is 11.8 Å². The Morgan fingerprint density at radius 1 is 1.39 bits per heavy atom. The van der Waals surface area contributed by atoms with Crippen molar-refractivity contribution in [2.75, 3.05) is 18.5 Å². The summed E-state index contributed by atoms with van der Waals surface area (Å²) < 4.78 is 4.58. The molecule has 3 aliphatic heterocycles. The molecule has 2 bridgehead atoms. The van der Waals surface area contributed by atoms with Crippen LogP contribution in [0.3, 0.4) is 0 Å². The summed E-state index contributed by atoms with van der Waals surface area (Å²) >= 11 is 7.81. The van der Waals surface area contributed by atoms with Crippen LogP contribution in [0.25, 0.3) is 0 Å². The van der Waals surface area contributed by atoms with Crippen LogP contribution in [-0.2, 0) is 19.1 Å². The van der Waals surface area contributed by atoms with Gasteiger partial charge in [-0.2, -0.15) is 0 Å². The molecule has 7 nitrogen and oxygen atoms in total. The number of hydrogen-bond acceptors (Lipinski definition) is 6. The van der Waals surface area contributed by atoms with Crippen molar-refractivity contribution < 1.29 is 24.2 Å². The number of ether oxygens (including phenoxy) is 1. The molecule has 2 N–H and O–H groups in total. The number of fused-ring (bicyclic) bond motifs is 1. The van der Waals surface area contributed by atoms with Crippen molar-refractivity contribution in [2.24, 2.45) is 11.8 Å². The number of likely N-dealkylation sites (tertiary alicyclic amines) is 1. The van der Waals surface area contributed by atoms with Crippen LogP contribution in [0.1, 0.15) is 33.1 Å². The highest BCUT2D eigenvalue weighted by molar-refractivity contribution is 8.02. The van der Waals surface area contributed by atoms with Crippen LogP contribution in [0, 0.1) is 11.8 Å². The molecule has 9 heteroatoms. The van der Waals surface area contributed by atoms with Crippen molar-refractivity contribution in [3.63, 3.8) is 0 Å². The molecule has 31 heavy (non-hydrogen) atoms. The number of amides is 2. The summed E-state index contributed by atoms with van der Waals surface area (Å²) in [4.78, 5) is 41.6. The predicted octanol–water partition coefficient (Wildman–Crippen LogP) is 2.70. The van der Waals surface area contributed by atoms with Crippen LogP contribution in [0.4, 0.5) is 5.69 Å². The zero-order chi connectivity index (χ0) is 22.3. The van der Waals surface area contributed by atoms with E-state index in [4.69, 9.17) is 16.3 Å². The van der Waals surface area contributed by atoms with E-state index in [9.17, 15) is 19.5 Å². The number of hydrogen-bond donors (Lipinski definition) is 2. The van der Waals surface area contributed by atoms with Crippen molar-refractivity contribution in [2.45, 2.75) is 55.2 Å². The molecule has 0 radical (unpaired) electrons. The minimum atomic E-state index is -0.798. The van der Waals surface area contributed by atoms with Crippen molar-refractivity contribution in [3.8, 4) is 0 Å². The van der Waals surface area contributed by atoms with Gasteiger partial charge in [-0.25, -0.2) is 0 Å². The molecule has 3 aliphatic rings. The van der Waals surface area contributed by atoms with Gasteiger partial charge in [0, 0.05) is 5.25 Å². The molecule has 3 heterocycles. The molecule has 2 unspecified atom stereocenters. The van der Waals surface area contributed by atoms with Gasteiger partial charge < -0.3 is 20.1 Å². The highest BCUT2D eigenvalue weighted by atomic mass is 35.5. The van der Waals surface area contributed by atoms with Crippen LogP contribution in [0.5, 0.6) is 0 Å². The van der Waals surface area contributed by atoms with E-state index in [-0.39, 0.29) is 36.2 Å². The van der Waals surface area contributed by atoms with Crippen LogP contribution < -0.4 is 5.32 Å². The molecule has 168 valence electrons. The Labute approximate surface area is 190 Å². The second kappa shape index (κ2) is 8.64. The number of nitrogens with one attached hydrogen (secondary N) is 1. The van der Waals surface area contributed by atoms with Crippen LogP contribution in [-0.4, -0.2) is 63.1 Å². The van der Waals surface area contributed by atoms with Gasteiger partial charge in [0.2, 0.25) is 11.8 Å². The van der Waals surface area contributed by atoms with Crippen LogP contribution >= 0.6 is 23.4 Å². The minimum absolute atomic E-state index is 0.0417. The fraction of sp³-hybridized carbons (Fsp3) is 0.591. The van der Waals surface area contributed by atoms with E-state index in [2.05, 4.69) is 5.32 Å². The summed E-state index contributed by atoms with van der Waals surface area (Å²) in [6.07, 6.45) is 1.91. The van der Waals surface area contributed by atoms with E-state index in [1.54, 1.807) is 43.0 Å². The maximum atomic E-state index is 13.7. The third kappa shape index (κ3) is 3.43. The summed E-state index contributed by atoms with van der Waals surface area (Å²) in [7, 11) is 0. The minimum Gasteiger partial charge on any atom is -0.466 e. The van der Waals surface area contributed by atoms with E-state index in [1.165, 1.54) is 4.90 Å². The molecule has 6 atom stereocenters. The van der Waals surface area contributed by atoms with Gasteiger partial charge in [-0.05, 0) is 38.3 Å². The summed E-state index contributed by atoms with van der Waals surface area (Å²) in [6, 6.07) is 5.64. The fourth-order valence-electron chi connectivity index (χ4n) is 5.47. The Balaban J connectivity index is 1.74. The standard InChI is InChI=1S/C22H27ClN2O5S/c1-3-12(11-26)25-18(19(27)24-14-8-6-5-7-13(14)23)22-10-9-15(31-22)16(17(22)20(25)28)21(29)30-4-2/h5-8,12,15-18,26H,3-4,9-11H2,1-2H3,(H,24,27)/t12-,15-,16+,17-,18?,22?/m0/s1. The molecule has 1 aromatic carbocycles. The van der Waals surface area contributed by atoms with Gasteiger partial charge >= 0.3 is 5.97 Å². The van der Waals surface area contributed by atoms with Crippen LogP contribution in [0.2, 0.25) is 5.02 Å². The Hall–Kier alpha value is -1.77. The van der Waals surface area contributed by atoms with Crippen LogP contribution in [0.15, 0.2) is 24.3 Å². The largest absolute Gasteiger partial charge is 0.466 e. The number of esters is 1. The number of aliphatic hydroxyl groups excluding tert-OH is 1. The van der Waals surface area contributed by atoms with Crippen molar-refractivity contribution >= 4 is 46.8 Å². The number of nitrogens with zero attached hydrogens (tertiary/aromatic N) is 1. The van der Waals surface area contributed by atoms with Gasteiger partial charge in [-0.3, -0.25) is 14.4 Å².